The van der Waals surface area contributed by atoms with Crippen LogP contribution in [0, 0.1) is 0 Å². The SMILES string of the molecule is CCc1ccc(OC)c(S(=O)(=O)Nc2noc3c(C(=O)OC)cccc23)c1. The first-order valence-electron chi connectivity index (χ1n) is 8.07. The van der Waals surface area contributed by atoms with E-state index in [4.69, 9.17) is 14.0 Å². The Morgan fingerprint density at radius 3 is 2.67 bits per heavy atom. The lowest BCUT2D eigenvalue weighted by atomic mass is 10.1. The van der Waals surface area contributed by atoms with Crippen LogP contribution in [-0.2, 0) is 21.2 Å². The van der Waals surface area contributed by atoms with Gasteiger partial charge in [-0.25, -0.2) is 13.2 Å². The molecule has 142 valence electrons. The molecule has 0 spiro atoms. The number of carbonyl (C=O) groups is 1. The van der Waals surface area contributed by atoms with Gasteiger partial charge in [0, 0.05) is 0 Å². The molecule has 27 heavy (non-hydrogen) atoms. The number of methoxy groups -OCH3 is 2. The van der Waals surface area contributed by atoms with Gasteiger partial charge in [0.2, 0.25) is 0 Å². The number of rotatable bonds is 6. The Hall–Kier alpha value is -3.07. The minimum Gasteiger partial charge on any atom is -0.495 e. The fraction of sp³-hybridized carbons (Fsp3) is 0.222. The predicted molar refractivity (Wildman–Crippen MR) is 98.5 cm³/mol. The van der Waals surface area contributed by atoms with Crippen LogP contribution >= 0.6 is 0 Å². The summed E-state index contributed by atoms with van der Waals surface area (Å²) in [5, 5.41) is 4.11. The average molecular weight is 390 g/mol. The lowest BCUT2D eigenvalue weighted by molar-refractivity contribution is 0.0601. The van der Waals surface area contributed by atoms with Crippen LogP contribution in [-0.4, -0.2) is 33.8 Å². The largest absolute Gasteiger partial charge is 0.495 e. The number of hydrogen-bond acceptors (Lipinski definition) is 7. The number of ether oxygens (including phenoxy) is 2. The van der Waals surface area contributed by atoms with Crippen molar-refractivity contribution in [1.82, 2.24) is 5.16 Å². The minimum absolute atomic E-state index is 0.00961. The van der Waals surface area contributed by atoms with Crippen LogP contribution in [0.4, 0.5) is 5.82 Å². The molecule has 0 amide bonds. The number of aryl methyl sites for hydroxylation is 1. The molecule has 1 aromatic heterocycles. The number of nitrogens with zero attached hydrogens (tertiary/aromatic N) is 1. The number of anilines is 1. The fourth-order valence-electron chi connectivity index (χ4n) is 2.64. The molecule has 0 aliphatic rings. The molecule has 0 saturated carbocycles. The van der Waals surface area contributed by atoms with Crippen molar-refractivity contribution in [3.63, 3.8) is 0 Å². The van der Waals surface area contributed by atoms with E-state index in [1.165, 1.54) is 20.3 Å². The van der Waals surface area contributed by atoms with Crippen LogP contribution < -0.4 is 9.46 Å². The zero-order valence-electron chi connectivity index (χ0n) is 15.0. The molecule has 9 heteroatoms. The van der Waals surface area contributed by atoms with Crippen molar-refractivity contribution in [2.75, 3.05) is 18.9 Å². The van der Waals surface area contributed by atoms with Crippen LogP contribution in [0.2, 0.25) is 0 Å². The third kappa shape index (κ3) is 3.45. The highest BCUT2D eigenvalue weighted by molar-refractivity contribution is 7.92. The summed E-state index contributed by atoms with van der Waals surface area (Å²) < 4.78 is 43.3. The number of para-hydroxylation sites is 1. The van der Waals surface area contributed by atoms with Crippen LogP contribution in [0.1, 0.15) is 22.8 Å². The third-order valence-electron chi connectivity index (χ3n) is 4.06. The number of sulfonamides is 1. The molecule has 3 rings (SSSR count). The number of carbonyl (C=O) groups excluding carboxylic acids is 1. The van der Waals surface area contributed by atoms with Gasteiger partial charge in [0.05, 0.1) is 19.6 Å². The second kappa shape index (κ2) is 7.28. The summed E-state index contributed by atoms with van der Waals surface area (Å²) in [4.78, 5) is 11.8. The summed E-state index contributed by atoms with van der Waals surface area (Å²) in [6.45, 7) is 1.92. The molecular formula is C18H18N2O6S. The molecule has 0 aliphatic heterocycles. The molecule has 3 aromatic rings. The molecule has 8 nitrogen and oxygen atoms in total. The van der Waals surface area contributed by atoms with Crippen molar-refractivity contribution < 1.29 is 27.2 Å². The molecule has 2 aromatic carbocycles. The smallest absolute Gasteiger partial charge is 0.341 e. The highest BCUT2D eigenvalue weighted by Gasteiger charge is 2.24. The fourth-order valence-corrected chi connectivity index (χ4v) is 3.87. The van der Waals surface area contributed by atoms with E-state index in [1.807, 2.05) is 6.92 Å². The van der Waals surface area contributed by atoms with Crippen molar-refractivity contribution in [1.29, 1.82) is 0 Å². The van der Waals surface area contributed by atoms with Crippen LogP contribution in [0.15, 0.2) is 45.8 Å². The van der Waals surface area contributed by atoms with E-state index in [-0.39, 0.29) is 27.6 Å². The molecule has 0 radical (unpaired) electrons. The Balaban J connectivity index is 2.06. The van der Waals surface area contributed by atoms with Gasteiger partial charge >= 0.3 is 5.97 Å². The second-order valence-electron chi connectivity index (χ2n) is 5.65. The summed E-state index contributed by atoms with van der Waals surface area (Å²) in [6.07, 6.45) is 0.669. The zero-order valence-corrected chi connectivity index (χ0v) is 15.8. The summed E-state index contributed by atoms with van der Waals surface area (Å²) in [5.74, 6) is -0.425. The summed E-state index contributed by atoms with van der Waals surface area (Å²) in [7, 11) is -1.36. The van der Waals surface area contributed by atoms with E-state index in [0.29, 0.717) is 11.8 Å². The van der Waals surface area contributed by atoms with E-state index >= 15 is 0 Å². The van der Waals surface area contributed by atoms with Crippen molar-refractivity contribution >= 4 is 32.8 Å². The molecule has 1 N–H and O–H groups in total. The Labute approximate surface area is 156 Å². The monoisotopic (exact) mass is 390 g/mol. The Morgan fingerprint density at radius 1 is 1.22 bits per heavy atom. The lowest BCUT2D eigenvalue weighted by Crippen LogP contribution is -2.15. The first-order chi connectivity index (χ1) is 12.9. The number of benzene rings is 2. The van der Waals surface area contributed by atoms with E-state index in [1.54, 1.807) is 30.3 Å². The van der Waals surface area contributed by atoms with Crippen molar-refractivity contribution in [2.45, 2.75) is 18.2 Å². The van der Waals surface area contributed by atoms with Crippen LogP contribution in [0.5, 0.6) is 5.75 Å². The number of fused-ring (bicyclic) bond motifs is 1. The standard InChI is InChI=1S/C18H18N2O6S/c1-4-11-8-9-14(24-2)15(10-11)27(22,23)20-17-12-6-5-7-13(18(21)25-3)16(12)26-19-17/h5-10H,4H2,1-3H3,(H,19,20). The molecule has 0 saturated heterocycles. The number of nitrogens with one attached hydrogen (secondary N) is 1. The molecule has 0 unspecified atom stereocenters. The summed E-state index contributed by atoms with van der Waals surface area (Å²) >= 11 is 0. The highest BCUT2D eigenvalue weighted by atomic mass is 32.2. The highest BCUT2D eigenvalue weighted by Crippen LogP contribution is 2.31. The molecular weight excluding hydrogens is 372 g/mol. The molecule has 1 heterocycles. The average Bonchev–Trinajstić information content (AvgIpc) is 3.09. The second-order valence-corrected chi connectivity index (χ2v) is 7.30. The van der Waals surface area contributed by atoms with E-state index in [2.05, 4.69) is 9.88 Å². The Bertz CT molecular complexity index is 1100. The van der Waals surface area contributed by atoms with Crippen molar-refractivity contribution in [3.05, 3.63) is 47.5 Å². The van der Waals surface area contributed by atoms with E-state index in [9.17, 15) is 13.2 Å². The maximum Gasteiger partial charge on any atom is 0.341 e. The number of esters is 1. The van der Waals surface area contributed by atoms with Gasteiger partial charge in [-0.2, -0.15) is 0 Å². The minimum atomic E-state index is -4.00. The van der Waals surface area contributed by atoms with Gasteiger partial charge in [0.1, 0.15) is 16.2 Å². The topological polar surface area (TPSA) is 108 Å². The van der Waals surface area contributed by atoms with E-state index in [0.717, 1.165) is 5.56 Å². The molecule has 0 atom stereocenters. The van der Waals surface area contributed by atoms with Gasteiger partial charge in [-0.3, -0.25) is 4.72 Å². The van der Waals surface area contributed by atoms with Gasteiger partial charge < -0.3 is 14.0 Å². The Morgan fingerprint density at radius 2 is 2.00 bits per heavy atom. The number of aromatic nitrogens is 1. The molecule has 0 aliphatic carbocycles. The maximum absolute atomic E-state index is 12.9. The first-order valence-corrected chi connectivity index (χ1v) is 9.56. The summed E-state index contributed by atoms with van der Waals surface area (Å²) in [6, 6.07) is 9.63. The Kier molecular flexibility index (Phi) is 5.04. The van der Waals surface area contributed by atoms with Gasteiger partial charge in [0.15, 0.2) is 11.4 Å². The van der Waals surface area contributed by atoms with Gasteiger partial charge in [-0.15, -0.1) is 0 Å². The zero-order chi connectivity index (χ0) is 19.6. The molecule has 0 fully saturated rings. The van der Waals surface area contributed by atoms with Crippen molar-refractivity contribution in [2.24, 2.45) is 0 Å². The van der Waals surface area contributed by atoms with Crippen molar-refractivity contribution in [3.8, 4) is 5.75 Å². The quantitative estimate of drug-likeness (QED) is 0.645. The van der Waals surface area contributed by atoms with Crippen LogP contribution in [0.3, 0.4) is 0 Å². The van der Waals surface area contributed by atoms with E-state index < -0.39 is 16.0 Å². The predicted octanol–water partition coefficient (Wildman–Crippen LogP) is 2.99. The molecule has 0 bridgehead atoms. The first kappa shape index (κ1) is 18.7. The van der Waals surface area contributed by atoms with Gasteiger partial charge in [0.25, 0.3) is 10.0 Å². The maximum atomic E-state index is 12.9. The van der Waals surface area contributed by atoms with Crippen LogP contribution in [0.25, 0.3) is 11.0 Å². The lowest BCUT2D eigenvalue weighted by Gasteiger charge is -2.11. The van der Waals surface area contributed by atoms with Gasteiger partial charge in [-0.1, -0.05) is 24.2 Å². The normalized spacial score (nSPS) is 11.4. The van der Waals surface area contributed by atoms with Gasteiger partial charge in [-0.05, 0) is 36.2 Å². The third-order valence-corrected chi connectivity index (χ3v) is 5.42. The summed E-state index contributed by atoms with van der Waals surface area (Å²) in [5.41, 5.74) is 1.13. The number of hydrogen-bond donors (Lipinski definition) is 1.